The highest BCUT2D eigenvalue weighted by molar-refractivity contribution is 6.30. The van der Waals surface area contributed by atoms with Crippen LogP contribution >= 0.6 is 11.6 Å². The number of carbonyl (C=O) groups is 1. The van der Waals surface area contributed by atoms with Gasteiger partial charge in [0.05, 0.1) is 13.2 Å². The quantitative estimate of drug-likeness (QED) is 0.760. The van der Waals surface area contributed by atoms with Crippen molar-refractivity contribution >= 4 is 17.5 Å². The number of benzene rings is 1. The molecule has 2 rings (SSSR count). The third-order valence-electron chi connectivity index (χ3n) is 2.47. The minimum Gasteiger partial charge on any atom is -0.370 e. The molecule has 5 heteroatoms. The van der Waals surface area contributed by atoms with Crippen molar-refractivity contribution in [1.29, 1.82) is 0 Å². The highest BCUT2D eigenvalue weighted by Gasteiger charge is 2.17. The van der Waals surface area contributed by atoms with Crippen LogP contribution in [0, 0.1) is 0 Å². The van der Waals surface area contributed by atoms with E-state index < -0.39 is 0 Å². The predicted octanol–water partition coefficient (Wildman–Crippen LogP) is -0.100. The molecule has 1 amide bonds. The minimum absolute atomic E-state index is 0.0978. The summed E-state index contributed by atoms with van der Waals surface area (Å²) in [6, 6.07) is 6.93. The fraction of sp³-hybridized carbons (Fsp3) is 0.364. The monoisotopic (exact) mass is 241 g/mol. The van der Waals surface area contributed by atoms with E-state index in [1.54, 1.807) is 24.3 Å². The number of hydrogen-bond acceptors (Lipinski definition) is 2. The molecule has 4 nitrogen and oxygen atoms in total. The summed E-state index contributed by atoms with van der Waals surface area (Å²) in [5, 5.41) is 1.61. The van der Waals surface area contributed by atoms with Gasteiger partial charge in [0.2, 0.25) is 0 Å². The summed E-state index contributed by atoms with van der Waals surface area (Å²) < 4.78 is 5.21. The van der Waals surface area contributed by atoms with Gasteiger partial charge in [-0.25, -0.2) is 5.01 Å². The second kappa shape index (κ2) is 5.30. The summed E-state index contributed by atoms with van der Waals surface area (Å²) in [5.74, 6) is -0.0978. The van der Waals surface area contributed by atoms with E-state index in [-0.39, 0.29) is 5.91 Å². The number of halogens is 1. The van der Waals surface area contributed by atoms with Crippen molar-refractivity contribution in [3.63, 3.8) is 0 Å². The number of ether oxygens (including phenoxy) is 1. The van der Waals surface area contributed by atoms with E-state index in [2.05, 4.69) is 5.43 Å². The molecule has 1 saturated heterocycles. The molecule has 1 heterocycles. The van der Waals surface area contributed by atoms with Crippen LogP contribution in [0.2, 0.25) is 5.02 Å². The third kappa shape index (κ3) is 2.95. The topological polar surface area (TPSA) is 42.8 Å². The normalized spacial score (nSPS) is 17.1. The highest BCUT2D eigenvalue weighted by atomic mass is 35.5. The number of morpholine rings is 1. The number of quaternary nitrogens is 1. The third-order valence-corrected chi connectivity index (χ3v) is 2.71. The van der Waals surface area contributed by atoms with Gasteiger partial charge in [-0.05, 0) is 18.2 Å². The summed E-state index contributed by atoms with van der Waals surface area (Å²) in [4.78, 5) is 11.8. The second-order valence-electron chi connectivity index (χ2n) is 3.68. The van der Waals surface area contributed by atoms with Crippen LogP contribution in [0.5, 0.6) is 0 Å². The summed E-state index contributed by atoms with van der Waals surface area (Å²) >= 11 is 5.82. The Morgan fingerprint density at radius 2 is 2.12 bits per heavy atom. The Morgan fingerprint density at radius 1 is 1.38 bits per heavy atom. The lowest BCUT2D eigenvalue weighted by Crippen LogP contribution is -3.20. The molecule has 0 aliphatic carbocycles. The van der Waals surface area contributed by atoms with E-state index in [1.807, 2.05) is 0 Å². The molecular weight excluding hydrogens is 228 g/mol. The Hall–Kier alpha value is -1.10. The fourth-order valence-electron chi connectivity index (χ4n) is 1.61. The Labute approximate surface area is 99.1 Å². The first-order valence-corrected chi connectivity index (χ1v) is 5.63. The van der Waals surface area contributed by atoms with Gasteiger partial charge in [-0.2, -0.15) is 5.43 Å². The summed E-state index contributed by atoms with van der Waals surface area (Å²) in [5.41, 5.74) is 3.49. The SMILES string of the molecule is O=C(N[NH+]1CCOCC1)c1cccc(Cl)c1. The van der Waals surface area contributed by atoms with E-state index in [0.29, 0.717) is 23.8 Å². The molecule has 1 aliphatic heterocycles. The lowest BCUT2D eigenvalue weighted by Gasteiger charge is -2.23. The van der Waals surface area contributed by atoms with Crippen LogP contribution < -0.4 is 10.4 Å². The fourth-order valence-corrected chi connectivity index (χ4v) is 1.80. The molecule has 1 aromatic carbocycles. The number of rotatable bonds is 2. The molecule has 0 aromatic heterocycles. The summed E-state index contributed by atoms with van der Waals surface area (Å²) in [6.45, 7) is 2.97. The maximum atomic E-state index is 11.8. The number of carbonyl (C=O) groups excluding carboxylic acids is 1. The average Bonchev–Trinajstić information content (AvgIpc) is 2.30. The summed E-state index contributed by atoms with van der Waals surface area (Å²) in [6.07, 6.45) is 0. The zero-order chi connectivity index (χ0) is 11.4. The first-order valence-electron chi connectivity index (χ1n) is 5.25. The number of nitrogens with one attached hydrogen (secondary N) is 2. The van der Waals surface area contributed by atoms with Crippen LogP contribution in [-0.2, 0) is 4.74 Å². The van der Waals surface area contributed by atoms with Gasteiger partial charge >= 0.3 is 0 Å². The van der Waals surface area contributed by atoms with Crippen LogP contribution in [0.1, 0.15) is 10.4 Å². The molecule has 2 N–H and O–H groups in total. The molecule has 1 fully saturated rings. The number of amides is 1. The lowest BCUT2D eigenvalue weighted by atomic mass is 10.2. The van der Waals surface area contributed by atoms with Gasteiger partial charge < -0.3 is 4.74 Å². The van der Waals surface area contributed by atoms with Crippen molar-refractivity contribution in [2.24, 2.45) is 0 Å². The molecule has 0 saturated carbocycles. The van der Waals surface area contributed by atoms with E-state index in [9.17, 15) is 4.79 Å². The van der Waals surface area contributed by atoms with Crippen LogP contribution in [0.25, 0.3) is 0 Å². The zero-order valence-corrected chi connectivity index (χ0v) is 9.59. The van der Waals surface area contributed by atoms with Crippen molar-refractivity contribution in [2.75, 3.05) is 26.3 Å². The van der Waals surface area contributed by atoms with Crippen molar-refractivity contribution in [3.8, 4) is 0 Å². The maximum Gasteiger partial charge on any atom is 0.295 e. The predicted molar refractivity (Wildman–Crippen MR) is 60.4 cm³/mol. The molecule has 1 aliphatic rings. The van der Waals surface area contributed by atoms with Crippen molar-refractivity contribution in [2.45, 2.75) is 0 Å². The van der Waals surface area contributed by atoms with Crippen LogP contribution in [0.3, 0.4) is 0 Å². The van der Waals surface area contributed by atoms with Crippen molar-refractivity contribution in [1.82, 2.24) is 5.43 Å². The van der Waals surface area contributed by atoms with E-state index in [0.717, 1.165) is 18.1 Å². The first-order chi connectivity index (χ1) is 7.75. The first kappa shape index (κ1) is 11.4. The molecule has 1 aromatic rings. The van der Waals surface area contributed by atoms with Crippen LogP contribution in [0.15, 0.2) is 24.3 Å². The molecule has 0 atom stereocenters. The van der Waals surface area contributed by atoms with E-state index in [1.165, 1.54) is 0 Å². The Morgan fingerprint density at radius 3 is 2.81 bits per heavy atom. The Kier molecular flexibility index (Phi) is 3.77. The van der Waals surface area contributed by atoms with Gasteiger partial charge in [0, 0.05) is 10.6 Å². The van der Waals surface area contributed by atoms with E-state index in [4.69, 9.17) is 16.3 Å². The second-order valence-corrected chi connectivity index (χ2v) is 4.12. The smallest absolute Gasteiger partial charge is 0.295 e. The molecule has 86 valence electrons. The molecule has 0 spiro atoms. The summed E-state index contributed by atoms with van der Waals surface area (Å²) in [7, 11) is 0. The van der Waals surface area contributed by atoms with Gasteiger partial charge in [-0.3, -0.25) is 4.79 Å². The molecule has 16 heavy (non-hydrogen) atoms. The van der Waals surface area contributed by atoms with Crippen molar-refractivity contribution < 1.29 is 14.5 Å². The van der Waals surface area contributed by atoms with Crippen LogP contribution in [-0.4, -0.2) is 32.2 Å². The van der Waals surface area contributed by atoms with Gasteiger partial charge in [-0.15, -0.1) is 0 Å². The molecular formula is C11H14ClN2O2+. The van der Waals surface area contributed by atoms with Gasteiger partial charge in [-0.1, -0.05) is 17.7 Å². The molecule has 0 radical (unpaired) electrons. The lowest BCUT2D eigenvalue weighted by molar-refractivity contribution is -0.942. The van der Waals surface area contributed by atoms with Gasteiger partial charge in [0.1, 0.15) is 13.1 Å². The molecule has 0 unspecified atom stereocenters. The Bertz CT molecular complexity index is 378. The highest BCUT2D eigenvalue weighted by Crippen LogP contribution is 2.09. The van der Waals surface area contributed by atoms with Crippen LogP contribution in [0.4, 0.5) is 0 Å². The van der Waals surface area contributed by atoms with Gasteiger partial charge in [0.25, 0.3) is 5.91 Å². The van der Waals surface area contributed by atoms with Gasteiger partial charge in [0.15, 0.2) is 0 Å². The standard InChI is InChI=1S/C11H13ClN2O2/c12-10-3-1-2-9(8-10)11(15)13-14-4-6-16-7-5-14/h1-3,8H,4-7H2,(H,13,15)/p+1. The average molecular weight is 242 g/mol. The largest absolute Gasteiger partial charge is 0.370 e. The number of hydrogen-bond donors (Lipinski definition) is 2. The maximum absolute atomic E-state index is 11.8. The molecule has 0 bridgehead atoms. The Balaban J connectivity index is 1.97. The zero-order valence-electron chi connectivity index (χ0n) is 8.83. The van der Waals surface area contributed by atoms with E-state index >= 15 is 0 Å². The van der Waals surface area contributed by atoms with Crippen molar-refractivity contribution in [3.05, 3.63) is 34.9 Å². The minimum atomic E-state index is -0.0978.